The van der Waals surface area contributed by atoms with Crippen LogP contribution in [0.15, 0.2) is 24.3 Å². The monoisotopic (exact) mass is 422 g/mol. The third kappa shape index (κ3) is 5.70. The molecule has 2 aliphatic heterocycles. The maximum absolute atomic E-state index is 12.8. The second-order valence-corrected chi connectivity index (χ2v) is 10.2. The molecule has 9 heteroatoms. The predicted octanol–water partition coefficient (Wildman–Crippen LogP) is 0.862. The lowest BCUT2D eigenvalue weighted by atomic mass is 9.98. The predicted molar refractivity (Wildman–Crippen MR) is 111 cm³/mol. The van der Waals surface area contributed by atoms with Crippen molar-refractivity contribution < 1.29 is 18.0 Å². The van der Waals surface area contributed by atoms with Crippen molar-refractivity contribution in [2.75, 3.05) is 24.6 Å². The number of sulfone groups is 1. The number of rotatable bonds is 6. The van der Waals surface area contributed by atoms with Crippen LogP contribution in [0.4, 0.5) is 4.79 Å². The highest BCUT2D eigenvalue weighted by Crippen LogP contribution is 2.24. The summed E-state index contributed by atoms with van der Waals surface area (Å²) in [6.45, 7) is 3.63. The zero-order valence-electron chi connectivity index (χ0n) is 16.8. The molecular weight excluding hydrogens is 392 g/mol. The smallest absolute Gasteiger partial charge is 0.312 e. The molecule has 1 aromatic carbocycles. The largest absolute Gasteiger partial charge is 0.352 e. The van der Waals surface area contributed by atoms with Gasteiger partial charge in [0, 0.05) is 6.04 Å². The summed E-state index contributed by atoms with van der Waals surface area (Å²) in [5.74, 6) is -0.257. The molecule has 4 N–H and O–H groups in total. The lowest BCUT2D eigenvalue weighted by molar-refractivity contribution is -0.122. The number of nitrogens with zero attached hydrogens (tertiary/aromatic N) is 1. The fourth-order valence-electron chi connectivity index (χ4n) is 4.42. The molecule has 0 saturated carbocycles. The third-order valence-corrected chi connectivity index (χ3v) is 7.51. The quantitative estimate of drug-likeness (QED) is 0.628. The van der Waals surface area contributed by atoms with E-state index >= 15 is 0 Å². The van der Waals surface area contributed by atoms with E-state index in [1.54, 1.807) is 0 Å². The fraction of sp³-hybridized carbons (Fsp3) is 0.600. The van der Waals surface area contributed by atoms with E-state index in [1.165, 1.54) is 0 Å². The number of hydrogen-bond donors (Lipinski definition) is 3. The summed E-state index contributed by atoms with van der Waals surface area (Å²) in [6, 6.07) is 5.57. The number of benzene rings is 1. The van der Waals surface area contributed by atoms with Gasteiger partial charge in [0.25, 0.3) is 0 Å². The average molecular weight is 423 g/mol. The van der Waals surface area contributed by atoms with Gasteiger partial charge in [0.15, 0.2) is 9.84 Å². The number of piperidine rings is 1. The van der Waals surface area contributed by atoms with Crippen LogP contribution < -0.4 is 16.4 Å². The van der Waals surface area contributed by atoms with Crippen molar-refractivity contribution in [2.24, 2.45) is 5.73 Å². The Hall–Kier alpha value is -2.13. The van der Waals surface area contributed by atoms with Crippen molar-refractivity contribution in [3.8, 4) is 0 Å². The molecule has 2 fully saturated rings. The number of likely N-dealkylation sites (tertiary alicyclic amines) is 1. The van der Waals surface area contributed by atoms with E-state index in [0.29, 0.717) is 0 Å². The summed E-state index contributed by atoms with van der Waals surface area (Å²) in [5.41, 5.74) is 7.06. The molecule has 0 spiro atoms. The first kappa shape index (κ1) is 21.6. The first-order valence-corrected chi connectivity index (χ1v) is 11.9. The molecule has 2 saturated heterocycles. The number of amides is 3. The molecule has 0 aliphatic carbocycles. The van der Waals surface area contributed by atoms with E-state index in [4.69, 9.17) is 5.73 Å². The minimum atomic E-state index is -3.19. The van der Waals surface area contributed by atoms with Crippen LogP contribution >= 0.6 is 0 Å². The lowest BCUT2D eigenvalue weighted by Gasteiger charge is -2.35. The molecular formula is C20H30N4O4S. The van der Waals surface area contributed by atoms with E-state index in [-0.39, 0.29) is 29.9 Å². The molecule has 29 heavy (non-hydrogen) atoms. The molecule has 1 aromatic rings. The van der Waals surface area contributed by atoms with Gasteiger partial charge in [-0.15, -0.1) is 0 Å². The van der Waals surface area contributed by atoms with Crippen LogP contribution in [-0.2, 0) is 14.6 Å². The summed E-state index contributed by atoms with van der Waals surface area (Å²) < 4.78 is 24.5. The molecule has 3 amide bonds. The molecule has 3 atom stereocenters. The number of nitrogens with two attached hydrogens (primary N) is 1. The number of nitrogens with one attached hydrogen (secondary N) is 2. The number of aryl methyl sites for hydroxylation is 1. The van der Waals surface area contributed by atoms with E-state index in [0.717, 1.165) is 43.5 Å². The molecule has 0 aromatic heterocycles. The van der Waals surface area contributed by atoms with Crippen LogP contribution in [0.5, 0.6) is 0 Å². The molecule has 2 aliphatic rings. The van der Waals surface area contributed by atoms with Crippen LogP contribution in [0.2, 0.25) is 0 Å². The van der Waals surface area contributed by atoms with Crippen molar-refractivity contribution in [1.82, 2.24) is 15.5 Å². The zero-order chi connectivity index (χ0) is 21.0. The van der Waals surface area contributed by atoms with Crippen molar-refractivity contribution in [3.05, 3.63) is 35.4 Å². The highest BCUT2D eigenvalue weighted by molar-refractivity contribution is 7.91. The summed E-state index contributed by atoms with van der Waals surface area (Å²) >= 11 is 0. The van der Waals surface area contributed by atoms with Gasteiger partial charge in [-0.3, -0.25) is 9.69 Å². The third-order valence-electron chi connectivity index (χ3n) is 5.80. The van der Waals surface area contributed by atoms with E-state index < -0.39 is 28.0 Å². The fourth-order valence-corrected chi connectivity index (χ4v) is 6.37. The lowest BCUT2D eigenvalue weighted by Crippen LogP contribution is -2.52. The normalized spacial score (nSPS) is 25.3. The Morgan fingerprint density at radius 3 is 2.52 bits per heavy atom. The molecule has 2 heterocycles. The zero-order valence-corrected chi connectivity index (χ0v) is 17.6. The molecule has 3 unspecified atom stereocenters. The number of carbonyl (C=O) groups excluding carboxylic acids is 2. The Balaban J connectivity index is 1.71. The van der Waals surface area contributed by atoms with Gasteiger partial charge in [-0.05, 0) is 44.0 Å². The molecule has 0 radical (unpaired) electrons. The van der Waals surface area contributed by atoms with Crippen molar-refractivity contribution >= 4 is 21.8 Å². The van der Waals surface area contributed by atoms with E-state index in [9.17, 15) is 18.0 Å². The number of urea groups is 1. The van der Waals surface area contributed by atoms with Crippen molar-refractivity contribution in [2.45, 2.75) is 50.7 Å². The van der Waals surface area contributed by atoms with Gasteiger partial charge in [0.2, 0.25) is 5.91 Å². The highest BCUT2D eigenvalue weighted by atomic mass is 32.2. The van der Waals surface area contributed by atoms with Crippen LogP contribution in [0.1, 0.15) is 42.9 Å². The molecule has 0 bridgehead atoms. The van der Waals surface area contributed by atoms with Crippen molar-refractivity contribution in [3.63, 3.8) is 0 Å². The van der Waals surface area contributed by atoms with Gasteiger partial charge in [-0.2, -0.15) is 0 Å². The maximum atomic E-state index is 12.8. The standard InChI is InChI=1S/C20H30N4O4S/c1-14-7-3-4-8-15(14)16(23-20(21)26)11-19(25)22-17-12-29(27,28)13-18(17)24-9-5-2-6-10-24/h3-4,7-8,16-18H,2,5-6,9-13H2,1H3,(H,22,25)(H3,21,23,26). The minimum Gasteiger partial charge on any atom is -0.352 e. The second-order valence-electron chi connectivity index (χ2n) is 8.04. The van der Waals surface area contributed by atoms with Crippen LogP contribution in [-0.4, -0.2) is 61.9 Å². The number of primary amides is 1. The van der Waals surface area contributed by atoms with Gasteiger partial charge in [0.1, 0.15) is 0 Å². The van der Waals surface area contributed by atoms with Gasteiger partial charge in [0.05, 0.1) is 30.0 Å². The Morgan fingerprint density at radius 1 is 1.17 bits per heavy atom. The summed E-state index contributed by atoms with van der Waals surface area (Å²) in [6.07, 6.45) is 3.26. The number of carbonyl (C=O) groups is 2. The van der Waals surface area contributed by atoms with E-state index in [2.05, 4.69) is 15.5 Å². The molecule has 8 nitrogen and oxygen atoms in total. The Labute approximate surface area is 172 Å². The first-order chi connectivity index (χ1) is 13.7. The topological polar surface area (TPSA) is 122 Å². The molecule has 160 valence electrons. The summed E-state index contributed by atoms with van der Waals surface area (Å²) in [7, 11) is -3.19. The SMILES string of the molecule is Cc1ccccc1C(CC(=O)NC1CS(=O)(=O)CC1N1CCCCC1)NC(N)=O. The highest BCUT2D eigenvalue weighted by Gasteiger charge is 2.42. The van der Waals surface area contributed by atoms with Crippen LogP contribution in [0.3, 0.4) is 0 Å². The summed E-state index contributed by atoms with van der Waals surface area (Å²) in [4.78, 5) is 26.4. The average Bonchev–Trinajstić information content (AvgIpc) is 2.96. The Bertz CT molecular complexity index is 852. The van der Waals surface area contributed by atoms with Crippen LogP contribution in [0.25, 0.3) is 0 Å². The Morgan fingerprint density at radius 2 is 1.86 bits per heavy atom. The Kier molecular flexibility index (Phi) is 6.79. The van der Waals surface area contributed by atoms with Crippen LogP contribution in [0, 0.1) is 6.92 Å². The summed E-state index contributed by atoms with van der Waals surface area (Å²) in [5, 5.41) is 5.56. The maximum Gasteiger partial charge on any atom is 0.312 e. The first-order valence-electron chi connectivity index (χ1n) is 10.1. The minimum absolute atomic E-state index is 0.00292. The molecule has 3 rings (SSSR count). The van der Waals surface area contributed by atoms with E-state index in [1.807, 2.05) is 31.2 Å². The van der Waals surface area contributed by atoms with Gasteiger partial charge in [-0.25, -0.2) is 13.2 Å². The van der Waals surface area contributed by atoms with Gasteiger partial charge < -0.3 is 16.4 Å². The second kappa shape index (κ2) is 9.13. The number of hydrogen-bond acceptors (Lipinski definition) is 5. The van der Waals surface area contributed by atoms with Gasteiger partial charge >= 0.3 is 6.03 Å². The van der Waals surface area contributed by atoms with Gasteiger partial charge in [-0.1, -0.05) is 30.7 Å². The van der Waals surface area contributed by atoms with Crippen molar-refractivity contribution in [1.29, 1.82) is 0 Å².